The number of hydrogen-bond acceptors (Lipinski definition) is 8. The molecule has 1 fully saturated rings. The van der Waals surface area contributed by atoms with E-state index in [0.29, 0.717) is 10.7 Å². The molecule has 3 unspecified atom stereocenters. The number of alkyl halides is 4. The number of benzene rings is 1. The Hall–Kier alpha value is -5.19. The number of aliphatic hydroxyl groups is 1. The van der Waals surface area contributed by atoms with Crippen LogP contribution in [0.15, 0.2) is 42.5 Å². The average Bonchev–Trinajstić information content (AvgIpc) is 3.54. The topological polar surface area (TPSA) is 156 Å². The minimum Gasteiger partial charge on any atom is -0.378 e. The Morgan fingerprint density at radius 2 is 1.78 bits per heavy atom. The lowest BCUT2D eigenvalue weighted by atomic mass is 9.95. The Kier molecular flexibility index (Phi) is 9.37. The minimum atomic E-state index is -3.86. The molecule has 4 aromatic heterocycles. The van der Waals surface area contributed by atoms with Crippen LogP contribution < -0.4 is 10.0 Å². The Morgan fingerprint density at radius 1 is 1.09 bits per heavy atom. The van der Waals surface area contributed by atoms with Crippen LogP contribution in [0.1, 0.15) is 72.6 Å². The number of carbonyl (C=O) groups excluding carboxylic acids is 1. The zero-order valence-corrected chi connectivity index (χ0v) is 30.5. The molecular formula is C35H29ClF6N8O4S. The Morgan fingerprint density at radius 3 is 2.44 bits per heavy atom. The van der Waals surface area contributed by atoms with Crippen molar-refractivity contribution in [2.24, 2.45) is 5.92 Å². The van der Waals surface area contributed by atoms with E-state index in [4.69, 9.17) is 11.6 Å². The molecule has 55 heavy (non-hydrogen) atoms. The van der Waals surface area contributed by atoms with Gasteiger partial charge in [-0.25, -0.2) is 35.4 Å². The van der Waals surface area contributed by atoms with E-state index in [0.717, 1.165) is 18.4 Å². The van der Waals surface area contributed by atoms with Crippen LogP contribution >= 0.6 is 11.6 Å². The van der Waals surface area contributed by atoms with Gasteiger partial charge in [-0.05, 0) is 80.5 Å². The highest BCUT2D eigenvalue weighted by Crippen LogP contribution is 2.68. The first kappa shape index (κ1) is 38.1. The summed E-state index contributed by atoms with van der Waals surface area (Å²) >= 11 is 6.43. The summed E-state index contributed by atoms with van der Waals surface area (Å²) in [5.74, 6) is -3.30. The van der Waals surface area contributed by atoms with E-state index in [2.05, 4.69) is 42.2 Å². The van der Waals surface area contributed by atoms with Crippen molar-refractivity contribution >= 4 is 39.1 Å². The summed E-state index contributed by atoms with van der Waals surface area (Å²) < 4.78 is 116. The van der Waals surface area contributed by atoms with E-state index < -0.39 is 81.3 Å². The van der Waals surface area contributed by atoms with Gasteiger partial charge in [-0.2, -0.15) is 13.9 Å². The fourth-order valence-electron chi connectivity index (χ4n) is 6.79. The van der Waals surface area contributed by atoms with Crippen LogP contribution in [0.2, 0.25) is 5.15 Å². The number of carbonyl (C=O) groups is 1. The van der Waals surface area contributed by atoms with E-state index in [-0.39, 0.29) is 63.2 Å². The third-order valence-electron chi connectivity index (χ3n) is 8.98. The lowest BCUT2D eigenvalue weighted by Gasteiger charge is -2.23. The van der Waals surface area contributed by atoms with Crippen molar-refractivity contribution in [2.45, 2.75) is 63.1 Å². The van der Waals surface area contributed by atoms with Crippen molar-refractivity contribution in [2.75, 3.05) is 11.0 Å². The predicted octanol–water partition coefficient (Wildman–Crippen LogP) is 5.66. The smallest absolute Gasteiger partial charge is 0.293 e. The summed E-state index contributed by atoms with van der Waals surface area (Å²) in [7, 11) is -3.86. The standard InChI is InChI=1S/C35H29ClF6N8O4S/c1-34(2,52)9-8-19-4-5-20(21-6-7-25(36)50-32(21)45-46-33(50)48-55(3,53)54)28(43-19)24(12-16-10-17(37)13-18(38)11-16)44-26(51)15-49-30-27(29(47-49)31(39)40)22-14-23(22)35(30,41)42/h4-7,10-11,13,22-24,31,52H,12,14-15H2,1-3H3,(H,44,51)(H,46,48). The molecule has 3 atom stereocenters. The molecule has 0 aliphatic heterocycles. The molecule has 1 saturated carbocycles. The molecule has 20 heteroatoms. The van der Waals surface area contributed by atoms with E-state index >= 15 is 8.78 Å². The number of pyridine rings is 2. The maximum atomic E-state index is 15.3. The molecule has 1 amide bonds. The Bertz CT molecular complexity index is 2540. The largest absolute Gasteiger partial charge is 0.378 e. The molecule has 2 aliphatic rings. The fraction of sp³-hybridized carbons (Fsp3) is 0.343. The summed E-state index contributed by atoms with van der Waals surface area (Å²) in [4.78, 5) is 18.5. The molecule has 12 nitrogen and oxygen atoms in total. The summed E-state index contributed by atoms with van der Waals surface area (Å²) in [6.07, 6.45) is -2.63. The first-order valence-electron chi connectivity index (χ1n) is 16.5. The molecule has 4 heterocycles. The number of nitrogens with one attached hydrogen (secondary N) is 2. The number of nitrogens with zero attached hydrogens (tertiary/aromatic N) is 6. The van der Waals surface area contributed by atoms with Crippen molar-refractivity contribution in [1.29, 1.82) is 0 Å². The number of anilines is 1. The molecule has 5 aromatic rings. The SMILES string of the molecule is CC(C)(O)C#Cc1ccc(-c2ccc(Cl)n3c(NS(C)(=O)=O)nnc23)c(C(Cc2cc(F)cc(F)c2)NC(=O)Cn2nc(C(F)F)c3c2C(F)(F)C2CC32)n1. The highest BCUT2D eigenvalue weighted by molar-refractivity contribution is 7.92. The summed E-state index contributed by atoms with van der Waals surface area (Å²) in [5.41, 5.74) is -2.84. The third-order valence-corrected chi connectivity index (χ3v) is 9.83. The maximum Gasteiger partial charge on any atom is 0.293 e. The molecule has 3 N–H and O–H groups in total. The summed E-state index contributed by atoms with van der Waals surface area (Å²) in [5, 5.41) is 24.6. The number of halogens is 7. The summed E-state index contributed by atoms with van der Waals surface area (Å²) in [6, 6.07) is 7.15. The molecule has 0 saturated heterocycles. The van der Waals surface area contributed by atoms with Crippen LogP contribution in [0.5, 0.6) is 0 Å². The molecule has 2 aliphatic carbocycles. The average molecular weight is 807 g/mol. The highest BCUT2D eigenvalue weighted by atomic mass is 35.5. The molecule has 0 spiro atoms. The number of rotatable bonds is 10. The normalized spacial score (nSPS) is 17.7. The van der Waals surface area contributed by atoms with E-state index in [9.17, 15) is 35.9 Å². The maximum absolute atomic E-state index is 15.3. The quantitative estimate of drug-likeness (QED) is 0.0928. The molecule has 288 valence electrons. The lowest BCUT2D eigenvalue weighted by molar-refractivity contribution is -0.123. The van der Waals surface area contributed by atoms with Crippen LogP contribution in [0.4, 0.5) is 32.3 Å². The molecule has 1 aromatic carbocycles. The molecular weight excluding hydrogens is 778 g/mol. The van der Waals surface area contributed by atoms with Crippen LogP contribution in [-0.4, -0.2) is 60.7 Å². The van der Waals surface area contributed by atoms with Gasteiger partial charge in [-0.1, -0.05) is 17.5 Å². The fourth-order valence-corrected chi connectivity index (χ4v) is 7.48. The minimum absolute atomic E-state index is 0.00586. The number of sulfonamides is 1. The first-order valence-corrected chi connectivity index (χ1v) is 18.8. The summed E-state index contributed by atoms with van der Waals surface area (Å²) in [6.45, 7) is 1.92. The lowest BCUT2D eigenvalue weighted by Crippen LogP contribution is -2.35. The van der Waals surface area contributed by atoms with Gasteiger partial charge in [0, 0.05) is 28.7 Å². The van der Waals surface area contributed by atoms with Crippen molar-refractivity contribution in [3.8, 4) is 23.0 Å². The number of fused-ring (bicyclic) bond motifs is 4. The van der Waals surface area contributed by atoms with Crippen molar-refractivity contribution in [3.05, 3.63) is 93.2 Å². The second-order valence-electron chi connectivity index (χ2n) is 13.8. The van der Waals surface area contributed by atoms with Gasteiger partial charge < -0.3 is 10.4 Å². The van der Waals surface area contributed by atoms with Gasteiger partial charge >= 0.3 is 0 Å². The first-order chi connectivity index (χ1) is 25.7. The van der Waals surface area contributed by atoms with Gasteiger partial charge in [0.2, 0.25) is 21.9 Å². The second kappa shape index (κ2) is 13.5. The van der Waals surface area contributed by atoms with Crippen LogP contribution in [0.3, 0.4) is 0 Å². The van der Waals surface area contributed by atoms with Gasteiger partial charge in [0.1, 0.15) is 46.0 Å². The van der Waals surface area contributed by atoms with Crippen molar-refractivity contribution in [3.63, 3.8) is 0 Å². The van der Waals surface area contributed by atoms with Gasteiger partial charge in [0.05, 0.1) is 18.0 Å². The Balaban J connectivity index is 1.37. The molecule has 7 rings (SSSR count). The molecule has 0 radical (unpaired) electrons. The van der Waals surface area contributed by atoms with E-state index in [1.165, 1.54) is 42.5 Å². The van der Waals surface area contributed by atoms with Crippen LogP contribution in [-0.2, 0) is 33.7 Å². The Labute approximate surface area is 314 Å². The van der Waals surface area contributed by atoms with E-state index in [1.54, 1.807) is 0 Å². The third kappa shape index (κ3) is 7.58. The second-order valence-corrected chi connectivity index (χ2v) is 16.0. The van der Waals surface area contributed by atoms with Gasteiger partial charge in [-0.3, -0.25) is 14.2 Å². The van der Waals surface area contributed by atoms with Crippen LogP contribution in [0, 0.1) is 29.4 Å². The number of amides is 1. The van der Waals surface area contributed by atoms with Crippen molar-refractivity contribution in [1.82, 2.24) is 34.7 Å². The predicted molar refractivity (Wildman–Crippen MR) is 186 cm³/mol. The van der Waals surface area contributed by atoms with Gasteiger partial charge in [0.15, 0.2) is 5.65 Å². The number of hydrogen-bond donors (Lipinski definition) is 3. The number of aromatic nitrogens is 6. The zero-order chi connectivity index (χ0) is 39.8. The van der Waals surface area contributed by atoms with Gasteiger partial charge in [-0.15, -0.1) is 10.2 Å². The van der Waals surface area contributed by atoms with E-state index in [1.807, 2.05) is 0 Å². The zero-order valence-electron chi connectivity index (χ0n) is 28.9. The highest BCUT2D eigenvalue weighted by Gasteiger charge is 2.67. The van der Waals surface area contributed by atoms with Crippen molar-refractivity contribution < 1.29 is 44.7 Å². The molecule has 0 bridgehead atoms. The van der Waals surface area contributed by atoms with Gasteiger partial charge in [0.25, 0.3) is 12.3 Å². The monoisotopic (exact) mass is 806 g/mol. The van der Waals surface area contributed by atoms with Crippen LogP contribution in [0.25, 0.3) is 16.8 Å².